The molecule has 1 saturated heterocycles. The van der Waals surface area contributed by atoms with Crippen LogP contribution < -0.4 is 4.90 Å². The Morgan fingerprint density at radius 1 is 1.26 bits per heavy atom. The Kier molecular flexibility index (Phi) is 3.66. The lowest BCUT2D eigenvalue weighted by Crippen LogP contribution is -2.55. The van der Waals surface area contributed by atoms with E-state index in [9.17, 15) is 5.11 Å². The molecule has 1 saturated carbocycles. The molecule has 0 radical (unpaired) electrons. The molecule has 1 aliphatic carbocycles. The molecule has 19 heavy (non-hydrogen) atoms. The van der Waals surface area contributed by atoms with Gasteiger partial charge in [-0.05, 0) is 31.7 Å². The summed E-state index contributed by atoms with van der Waals surface area (Å²) in [6.07, 6.45) is 7.73. The van der Waals surface area contributed by atoms with E-state index in [1.54, 1.807) is 12.5 Å². The number of likely N-dealkylation sites (tertiary alicyclic amines) is 1. The third-order valence-corrected chi connectivity index (χ3v) is 4.65. The van der Waals surface area contributed by atoms with Gasteiger partial charge in [0.05, 0.1) is 6.10 Å². The molecule has 1 aromatic rings. The van der Waals surface area contributed by atoms with Gasteiger partial charge < -0.3 is 10.0 Å². The van der Waals surface area contributed by atoms with E-state index in [0.29, 0.717) is 12.1 Å². The Labute approximate surface area is 114 Å². The molecule has 5 heteroatoms. The van der Waals surface area contributed by atoms with Crippen molar-refractivity contribution < 1.29 is 5.11 Å². The van der Waals surface area contributed by atoms with Gasteiger partial charge in [0.1, 0.15) is 12.1 Å². The third kappa shape index (κ3) is 2.58. The van der Waals surface area contributed by atoms with E-state index in [4.69, 9.17) is 0 Å². The van der Waals surface area contributed by atoms with Crippen molar-refractivity contribution in [2.75, 3.05) is 25.0 Å². The Bertz CT molecular complexity index is 405. The Morgan fingerprint density at radius 3 is 2.58 bits per heavy atom. The molecule has 2 fully saturated rings. The summed E-state index contributed by atoms with van der Waals surface area (Å²) in [6, 6.07) is 2.93. The molecular weight excluding hydrogens is 240 g/mol. The lowest BCUT2D eigenvalue weighted by Gasteiger charge is -2.46. The molecule has 2 aliphatic rings. The zero-order valence-corrected chi connectivity index (χ0v) is 11.4. The Morgan fingerprint density at radius 2 is 2.05 bits per heavy atom. The van der Waals surface area contributed by atoms with Crippen LogP contribution in [0.25, 0.3) is 0 Å². The van der Waals surface area contributed by atoms with Crippen molar-refractivity contribution in [3.05, 3.63) is 18.6 Å². The summed E-state index contributed by atoms with van der Waals surface area (Å²) in [6.45, 7) is 2.17. The molecule has 0 bridgehead atoms. The molecule has 0 aromatic carbocycles. The molecule has 2 heterocycles. The monoisotopic (exact) mass is 262 g/mol. The topological polar surface area (TPSA) is 52.5 Å². The molecule has 5 nitrogen and oxygen atoms in total. The Hall–Kier alpha value is -1.20. The fourth-order valence-electron chi connectivity index (χ4n) is 3.17. The van der Waals surface area contributed by atoms with Gasteiger partial charge in [-0.2, -0.15) is 0 Å². The number of anilines is 1. The fraction of sp³-hybridized carbons (Fsp3) is 0.714. The van der Waals surface area contributed by atoms with Gasteiger partial charge in [-0.3, -0.25) is 4.90 Å². The lowest BCUT2D eigenvalue weighted by molar-refractivity contribution is -0.0299. The first kappa shape index (κ1) is 12.8. The van der Waals surface area contributed by atoms with Crippen molar-refractivity contribution in [3.63, 3.8) is 0 Å². The minimum atomic E-state index is -0.0869. The maximum Gasteiger partial charge on any atom is 0.131 e. The molecule has 1 aromatic heterocycles. The third-order valence-electron chi connectivity index (χ3n) is 4.65. The number of hydrogen-bond donors (Lipinski definition) is 1. The first-order valence-electron chi connectivity index (χ1n) is 7.16. The lowest BCUT2D eigenvalue weighted by atomic mass is 9.86. The molecule has 1 aliphatic heterocycles. The molecule has 0 spiro atoms. The number of aromatic nitrogens is 2. The summed E-state index contributed by atoms with van der Waals surface area (Å²) in [4.78, 5) is 13.0. The number of aliphatic hydroxyl groups is 1. The minimum absolute atomic E-state index is 0.0869. The first-order valence-corrected chi connectivity index (χ1v) is 7.16. The van der Waals surface area contributed by atoms with E-state index < -0.39 is 0 Å². The van der Waals surface area contributed by atoms with Crippen molar-refractivity contribution in [3.8, 4) is 0 Å². The predicted molar refractivity (Wildman–Crippen MR) is 74.1 cm³/mol. The van der Waals surface area contributed by atoms with Crippen LogP contribution in [0.5, 0.6) is 0 Å². The van der Waals surface area contributed by atoms with E-state index in [0.717, 1.165) is 44.6 Å². The summed E-state index contributed by atoms with van der Waals surface area (Å²) < 4.78 is 0. The highest BCUT2D eigenvalue weighted by Gasteiger charge is 2.36. The van der Waals surface area contributed by atoms with Crippen molar-refractivity contribution in [2.45, 2.75) is 43.9 Å². The number of piperidine rings is 1. The molecular formula is C14H22N4O. The summed E-state index contributed by atoms with van der Waals surface area (Å²) in [7, 11) is 2.11. The molecule has 2 atom stereocenters. The van der Waals surface area contributed by atoms with E-state index in [-0.39, 0.29) is 6.10 Å². The number of nitrogens with zero attached hydrogens (tertiary/aromatic N) is 4. The summed E-state index contributed by atoms with van der Waals surface area (Å²) >= 11 is 0. The summed E-state index contributed by atoms with van der Waals surface area (Å²) in [5.41, 5.74) is 0. The van der Waals surface area contributed by atoms with Crippen LogP contribution in [0, 0.1) is 0 Å². The maximum absolute atomic E-state index is 9.74. The highest BCUT2D eigenvalue weighted by Crippen LogP contribution is 2.29. The van der Waals surface area contributed by atoms with Gasteiger partial charge in [0.25, 0.3) is 0 Å². The highest BCUT2D eigenvalue weighted by molar-refractivity contribution is 5.36. The Balaban J connectivity index is 1.55. The van der Waals surface area contributed by atoms with Crippen LogP contribution in [0.15, 0.2) is 18.6 Å². The van der Waals surface area contributed by atoms with Gasteiger partial charge in [0.2, 0.25) is 0 Å². The van der Waals surface area contributed by atoms with Crippen LogP contribution >= 0.6 is 0 Å². The predicted octanol–water partition coefficient (Wildman–Crippen LogP) is 0.900. The SMILES string of the molecule is CN(c1ccncn1)C1CCN(C2CCC2O)CC1. The van der Waals surface area contributed by atoms with Gasteiger partial charge in [0.15, 0.2) is 0 Å². The maximum atomic E-state index is 9.74. The van der Waals surface area contributed by atoms with Crippen LogP contribution in [0.3, 0.4) is 0 Å². The van der Waals surface area contributed by atoms with Crippen LogP contribution in [0.2, 0.25) is 0 Å². The van der Waals surface area contributed by atoms with E-state index in [2.05, 4.69) is 26.8 Å². The summed E-state index contributed by atoms with van der Waals surface area (Å²) in [5.74, 6) is 0.997. The highest BCUT2D eigenvalue weighted by atomic mass is 16.3. The van der Waals surface area contributed by atoms with Gasteiger partial charge >= 0.3 is 0 Å². The van der Waals surface area contributed by atoms with E-state index >= 15 is 0 Å². The van der Waals surface area contributed by atoms with Gasteiger partial charge in [-0.1, -0.05) is 0 Å². The normalized spacial score (nSPS) is 28.9. The molecule has 104 valence electrons. The number of aliphatic hydroxyl groups excluding tert-OH is 1. The van der Waals surface area contributed by atoms with E-state index in [1.165, 1.54) is 0 Å². The number of rotatable bonds is 3. The zero-order chi connectivity index (χ0) is 13.2. The largest absolute Gasteiger partial charge is 0.391 e. The zero-order valence-electron chi connectivity index (χ0n) is 11.4. The van der Waals surface area contributed by atoms with Crippen molar-refractivity contribution in [1.82, 2.24) is 14.9 Å². The van der Waals surface area contributed by atoms with E-state index in [1.807, 2.05) is 6.07 Å². The second-order valence-electron chi connectivity index (χ2n) is 5.66. The van der Waals surface area contributed by atoms with Gasteiger partial charge in [-0.15, -0.1) is 0 Å². The number of hydrogen-bond acceptors (Lipinski definition) is 5. The molecule has 0 amide bonds. The standard InChI is InChI=1S/C14H22N4O/c1-17(14-4-7-15-10-16-14)11-5-8-18(9-6-11)12-2-3-13(12)19/h4,7,10-13,19H,2-3,5-6,8-9H2,1H3. The average Bonchev–Trinajstić information content (AvgIpc) is 2.47. The van der Waals surface area contributed by atoms with Crippen molar-refractivity contribution in [1.29, 1.82) is 0 Å². The first-order chi connectivity index (χ1) is 9.25. The fourth-order valence-corrected chi connectivity index (χ4v) is 3.17. The van der Waals surface area contributed by atoms with Crippen LogP contribution in [-0.2, 0) is 0 Å². The van der Waals surface area contributed by atoms with Crippen LogP contribution in [0.4, 0.5) is 5.82 Å². The smallest absolute Gasteiger partial charge is 0.131 e. The van der Waals surface area contributed by atoms with Crippen LogP contribution in [-0.4, -0.2) is 58.3 Å². The van der Waals surface area contributed by atoms with Crippen molar-refractivity contribution >= 4 is 5.82 Å². The molecule has 3 rings (SSSR count). The minimum Gasteiger partial charge on any atom is -0.391 e. The average molecular weight is 262 g/mol. The van der Waals surface area contributed by atoms with Gasteiger partial charge in [-0.25, -0.2) is 9.97 Å². The molecule has 2 unspecified atom stereocenters. The molecule has 1 N–H and O–H groups in total. The quantitative estimate of drug-likeness (QED) is 0.877. The van der Waals surface area contributed by atoms with Crippen molar-refractivity contribution in [2.24, 2.45) is 0 Å². The second kappa shape index (κ2) is 5.43. The summed E-state index contributed by atoms with van der Waals surface area (Å²) in [5, 5.41) is 9.74. The van der Waals surface area contributed by atoms with Crippen LogP contribution in [0.1, 0.15) is 25.7 Å². The second-order valence-corrected chi connectivity index (χ2v) is 5.66. The van der Waals surface area contributed by atoms with Gasteiger partial charge in [0, 0.05) is 38.4 Å².